The van der Waals surface area contributed by atoms with Crippen molar-refractivity contribution in [1.29, 1.82) is 0 Å². The van der Waals surface area contributed by atoms with Gasteiger partial charge in [0.1, 0.15) is 12.2 Å². The first-order chi connectivity index (χ1) is 5.94. The Morgan fingerprint density at radius 2 is 2.23 bits per heavy atom. The molecule has 0 aromatic heterocycles. The van der Waals surface area contributed by atoms with E-state index in [-0.39, 0.29) is 12.5 Å². The van der Waals surface area contributed by atoms with E-state index in [2.05, 4.69) is 6.58 Å². The second kappa shape index (κ2) is 3.47. The Balaban J connectivity index is 2.63. The summed E-state index contributed by atoms with van der Waals surface area (Å²) >= 11 is 0. The molecule has 1 N–H and O–H groups in total. The van der Waals surface area contributed by atoms with Crippen LogP contribution in [0.15, 0.2) is 12.7 Å². The van der Waals surface area contributed by atoms with E-state index >= 15 is 0 Å². The van der Waals surface area contributed by atoms with Crippen molar-refractivity contribution in [3.05, 3.63) is 12.7 Å². The van der Waals surface area contributed by atoms with Crippen LogP contribution in [0.1, 0.15) is 20.3 Å². The van der Waals surface area contributed by atoms with Crippen molar-refractivity contribution in [3.8, 4) is 0 Å². The molecule has 4 nitrogen and oxygen atoms in total. The molecule has 2 atom stereocenters. The van der Waals surface area contributed by atoms with E-state index in [1.165, 1.54) is 0 Å². The van der Waals surface area contributed by atoms with Crippen LogP contribution in [0.2, 0.25) is 0 Å². The second-order valence-electron chi connectivity index (χ2n) is 3.47. The Bertz CT molecular complexity index is 222. The zero-order chi connectivity index (χ0) is 10.1. The van der Waals surface area contributed by atoms with Crippen LogP contribution in [0.5, 0.6) is 0 Å². The van der Waals surface area contributed by atoms with Crippen molar-refractivity contribution in [1.82, 2.24) is 0 Å². The van der Waals surface area contributed by atoms with Crippen molar-refractivity contribution in [2.24, 2.45) is 0 Å². The number of ether oxygens (including phenoxy) is 2. The normalized spacial score (nSPS) is 31.5. The average molecular weight is 186 g/mol. The number of aliphatic carboxylic acids is 1. The molecule has 74 valence electrons. The minimum Gasteiger partial charge on any atom is -0.481 e. The lowest BCUT2D eigenvalue weighted by Gasteiger charge is -2.16. The molecule has 0 radical (unpaired) electrons. The topological polar surface area (TPSA) is 55.8 Å². The maximum Gasteiger partial charge on any atom is 0.306 e. The largest absolute Gasteiger partial charge is 0.481 e. The van der Waals surface area contributed by atoms with Crippen molar-refractivity contribution in [2.45, 2.75) is 38.3 Å². The summed E-state index contributed by atoms with van der Waals surface area (Å²) in [5.41, 5.74) is 0. The van der Waals surface area contributed by atoms with Gasteiger partial charge in [0.25, 0.3) is 0 Å². The summed E-state index contributed by atoms with van der Waals surface area (Å²) in [4.78, 5) is 10.5. The predicted octanol–water partition coefficient (Wildman–Crippen LogP) is 1.17. The minimum absolute atomic E-state index is 0.0554. The monoisotopic (exact) mass is 186 g/mol. The number of hydrogen-bond donors (Lipinski definition) is 1. The first-order valence-corrected chi connectivity index (χ1v) is 4.14. The van der Waals surface area contributed by atoms with Crippen LogP contribution in [0.25, 0.3) is 0 Å². The summed E-state index contributed by atoms with van der Waals surface area (Å²) in [6.07, 6.45) is 0.763. The number of carboxylic acids is 1. The quantitative estimate of drug-likeness (QED) is 0.672. The molecular weight excluding hydrogens is 172 g/mol. The second-order valence-corrected chi connectivity index (χ2v) is 3.47. The molecule has 0 unspecified atom stereocenters. The molecule has 1 saturated heterocycles. The molecule has 4 heteroatoms. The van der Waals surface area contributed by atoms with Crippen LogP contribution < -0.4 is 0 Å². The zero-order valence-electron chi connectivity index (χ0n) is 7.82. The Morgan fingerprint density at radius 3 is 2.69 bits per heavy atom. The van der Waals surface area contributed by atoms with Gasteiger partial charge in [0.15, 0.2) is 5.79 Å². The lowest BCUT2D eigenvalue weighted by atomic mass is 10.1. The first kappa shape index (κ1) is 10.2. The van der Waals surface area contributed by atoms with Gasteiger partial charge in [-0.25, -0.2) is 0 Å². The summed E-state index contributed by atoms with van der Waals surface area (Å²) in [5, 5.41) is 8.59. The van der Waals surface area contributed by atoms with Gasteiger partial charge in [-0.15, -0.1) is 6.58 Å². The molecule has 1 aliphatic rings. The molecular formula is C9H14O4. The summed E-state index contributed by atoms with van der Waals surface area (Å²) in [5.74, 6) is -1.60. The third-order valence-corrected chi connectivity index (χ3v) is 1.83. The van der Waals surface area contributed by atoms with Gasteiger partial charge < -0.3 is 14.6 Å². The molecule has 1 heterocycles. The van der Waals surface area contributed by atoms with E-state index in [0.717, 1.165) is 0 Å². The first-order valence-electron chi connectivity index (χ1n) is 4.14. The van der Waals surface area contributed by atoms with Gasteiger partial charge in [0.2, 0.25) is 0 Å². The van der Waals surface area contributed by atoms with Gasteiger partial charge in [0, 0.05) is 0 Å². The highest BCUT2D eigenvalue weighted by atomic mass is 16.7. The maximum absolute atomic E-state index is 10.5. The molecule has 1 fully saturated rings. The van der Waals surface area contributed by atoms with Crippen LogP contribution in [0.4, 0.5) is 0 Å². The van der Waals surface area contributed by atoms with Gasteiger partial charge in [-0.05, 0) is 13.8 Å². The third-order valence-electron chi connectivity index (χ3n) is 1.83. The predicted molar refractivity (Wildman–Crippen MR) is 46.3 cm³/mol. The molecule has 0 bridgehead atoms. The smallest absolute Gasteiger partial charge is 0.306 e. The summed E-state index contributed by atoms with van der Waals surface area (Å²) in [7, 11) is 0. The van der Waals surface area contributed by atoms with Gasteiger partial charge in [0.05, 0.1) is 6.42 Å². The molecule has 13 heavy (non-hydrogen) atoms. The molecule has 0 spiro atoms. The summed E-state index contributed by atoms with van der Waals surface area (Å²) < 4.78 is 10.8. The van der Waals surface area contributed by atoms with Gasteiger partial charge in [-0.2, -0.15) is 0 Å². The molecule has 0 aromatic carbocycles. The van der Waals surface area contributed by atoms with E-state index in [1.54, 1.807) is 19.9 Å². The lowest BCUT2D eigenvalue weighted by Crippen LogP contribution is -2.24. The van der Waals surface area contributed by atoms with Crippen molar-refractivity contribution in [3.63, 3.8) is 0 Å². The zero-order valence-corrected chi connectivity index (χ0v) is 7.82. The SMILES string of the molecule is C=C[C@H]1OC(C)(C)O[C@@H]1CC(=O)O. The molecule has 1 rings (SSSR count). The summed E-state index contributed by atoms with van der Waals surface area (Å²) in [6, 6.07) is 0. The van der Waals surface area contributed by atoms with Crippen LogP contribution >= 0.6 is 0 Å². The van der Waals surface area contributed by atoms with Crippen molar-refractivity contribution >= 4 is 5.97 Å². The van der Waals surface area contributed by atoms with E-state index < -0.39 is 17.9 Å². The fraction of sp³-hybridized carbons (Fsp3) is 0.667. The molecule has 0 aliphatic carbocycles. The molecule has 0 saturated carbocycles. The fourth-order valence-corrected chi connectivity index (χ4v) is 1.39. The van der Waals surface area contributed by atoms with Gasteiger partial charge >= 0.3 is 5.97 Å². The lowest BCUT2D eigenvalue weighted by molar-refractivity contribution is -0.151. The fourth-order valence-electron chi connectivity index (χ4n) is 1.39. The highest BCUT2D eigenvalue weighted by Crippen LogP contribution is 2.30. The number of carboxylic acid groups (broad SMARTS) is 1. The highest BCUT2D eigenvalue weighted by Gasteiger charge is 2.40. The summed E-state index contributed by atoms with van der Waals surface area (Å²) in [6.45, 7) is 7.08. The van der Waals surface area contributed by atoms with E-state index in [4.69, 9.17) is 14.6 Å². The molecule has 1 aliphatic heterocycles. The molecule has 0 aromatic rings. The van der Waals surface area contributed by atoms with Crippen LogP contribution in [0.3, 0.4) is 0 Å². The minimum atomic E-state index is -0.891. The van der Waals surface area contributed by atoms with Gasteiger partial charge in [-0.1, -0.05) is 6.08 Å². The average Bonchev–Trinajstić information content (AvgIpc) is 2.24. The Morgan fingerprint density at radius 1 is 1.62 bits per heavy atom. The third kappa shape index (κ3) is 2.54. The Labute approximate surface area is 77.1 Å². The standard InChI is InChI=1S/C9H14O4/c1-4-6-7(5-8(10)11)13-9(2,3)12-6/h4,6-7H,1,5H2,2-3H3,(H,10,11)/t6-,7-/m1/s1. The van der Waals surface area contributed by atoms with Crippen LogP contribution in [-0.4, -0.2) is 29.1 Å². The van der Waals surface area contributed by atoms with Crippen LogP contribution in [-0.2, 0) is 14.3 Å². The number of hydrogen-bond acceptors (Lipinski definition) is 3. The van der Waals surface area contributed by atoms with E-state index in [0.29, 0.717) is 0 Å². The van der Waals surface area contributed by atoms with Gasteiger partial charge in [-0.3, -0.25) is 4.79 Å². The van der Waals surface area contributed by atoms with Crippen LogP contribution in [0, 0.1) is 0 Å². The Kier molecular flexibility index (Phi) is 2.73. The Hall–Kier alpha value is -0.870. The number of carbonyl (C=O) groups is 1. The van der Waals surface area contributed by atoms with Crippen molar-refractivity contribution in [2.75, 3.05) is 0 Å². The molecule has 0 amide bonds. The highest BCUT2D eigenvalue weighted by molar-refractivity contribution is 5.67. The maximum atomic E-state index is 10.5. The van der Waals surface area contributed by atoms with E-state index in [9.17, 15) is 4.79 Å². The number of rotatable bonds is 3. The van der Waals surface area contributed by atoms with E-state index in [1.807, 2.05) is 0 Å². The van der Waals surface area contributed by atoms with Crippen molar-refractivity contribution < 1.29 is 19.4 Å².